The van der Waals surface area contributed by atoms with Gasteiger partial charge in [0.05, 0.1) is 17.9 Å². The molecule has 1 aromatic carbocycles. The molecule has 6 heteroatoms. The lowest BCUT2D eigenvalue weighted by atomic mass is 10.3. The summed E-state index contributed by atoms with van der Waals surface area (Å²) in [4.78, 5) is 8.62. The van der Waals surface area contributed by atoms with Crippen LogP contribution >= 0.6 is 11.3 Å². The van der Waals surface area contributed by atoms with Crippen molar-refractivity contribution in [1.29, 1.82) is 0 Å². The van der Waals surface area contributed by atoms with Gasteiger partial charge in [0.25, 0.3) is 0 Å². The van der Waals surface area contributed by atoms with E-state index in [1.54, 1.807) is 6.20 Å². The fourth-order valence-corrected chi connectivity index (χ4v) is 2.64. The topological polar surface area (TPSA) is 37.8 Å². The number of rotatable bonds is 4. The van der Waals surface area contributed by atoms with Crippen molar-refractivity contribution >= 4 is 17.0 Å². The summed E-state index contributed by atoms with van der Waals surface area (Å²) >= 11 is 1.45. The predicted molar refractivity (Wildman–Crippen MR) is 79.0 cm³/mol. The number of thiazole rings is 1. The Labute approximate surface area is 124 Å². The smallest absolute Gasteiger partial charge is 0.149 e. The highest BCUT2D eigenvalue weighted by atomic mass is 32.1. The zero-order valence-corrected chi connectivity index (χ0v) is 11.7. The summed E-state index contributed by atoms with van der Waals surface area (Å²) in [5, 5.41) is 5.36. The van der Waals surface area contributed by atoms with E-state index in [2.05, 4.69) is 15.3 Å². The van der Waals surface area contributed by atoms with Crippen molar-refractivity contribution in [3.05, 3.63) is 65.3 Å². The molecule has 0 aliphatic rings. The van der Waals surface area contributed by atoms with E-state index >= 15 is 0 Å². The fourth-order valence-electron chi connectivity index (χ4n) is 1.84. The third kappa shape index (κ3) is 3.05. The maximum atomic E-state index is 13.5. The summed E-state index contributed by atoms with van der Waals surface area (Å²) in [6.07, 6.45) is 1.70. The van der Waals surface area contributed by atoms with Gasteiger partial charge in [-0.05, 0) is 24.3 Å². The largest absolute Gasteiger partial charge is 0.375 e. The number of para-hydroxylation sites is 1. The molecule has 0 amide bonds. The number of pyridine rings is 1. The van der Waals surface area contributed by atoms with E-state index in [9.17, 15) is 8.78 Å². The molecular weight excluding hydrogens is 292 g/mol. The molecule has 1 N–H and O–H groups in total. The molecular formula is C15H11F2N3S. The molecule has 0 atom stereocenters. The van der Waals surface area contributed by atoms with Crippen LogP contribution in [0.2, 0.25) is 0 Å². The zero-order valence-electron chi connectivity index (χ0n) is 10.9. The Morgan fingerprint density at radius 2 is 1.86 bits per heavy atom. The van der Waals surface area contributed by atoms with E-state index in [1.807, 2.05) is 23.6 Å². The molecule has 0 saturated heterocycles. The number of hydrogen-bond donors (Lipinski definition) is 1. The maximum Gasteiger partial charge on any atom is 0.149 e. The van der Waals surface area contributed by atoms with E-state index in [-0.39, 0.29) is 12.2 Å². The van der Waals surface area contributed by atoms with Crippen LogP contribution < -0.4 is 5.32 Å². The van der Waals surface area contributed by atoms with Gasteiger partial charge in [0, 0.05) is 11.6 Å². The quantitative estimate of drug-likeness (QED) is 0.788. The average Bonchev–Trinajstić information content (AvgIpc) is 2.97. The van der Waals surface area contributed by atoms with E-state index in [0.717, 1.165) is 10.7 Å². The molecule has 0 spiro atoms. The molecule has 2 aromatic heterocycles. The Balaban J connectivity index is 1.74. The van der Waals surface area contributed by atoms with Gasteiger partial charge in [-0.15, -0.1) is 11.3 Å². The normalized spacial score (nSPS) is 10.6. The summed E-state index contributed by atoms with van der Waals surface area (Å²) in [6.45, 7) is 0.251. The van der Waals surface area contributed by atoms with Crippen molar-refractivity contribution in [3.8, 4) is 10.7 Å². The maximum absolute atomic E-state index is 13.5. The second kappa shape index (κ2) is 5.97. The van der Waals surface area contributed by atoms with Gasteiger partial charge in [0.2, 0.25) is 0 Å². The van der Waals surface area contributed by atoms with Gasteiger partial charge in [-0.1, -0.05) is 12.1 Å². The predicted octanol–water partition coefficient (Wildman–Crippen LogP) is 4.10. The van der Waals surface area contributed by atoms with Crippen molar-refractivity contribution in [1.82, 2.24) is 9.97 Å². The third-order valence-corrected chi connectivity index (χ3v) is 3.76. The first-order valence-corrected chi connectivity index (χ1v) is 7.15. The Morgan fingerprint density at radius 3 is 2.57 bits per heavy atom. The number of benzene rings is 1. The molecule has 0 radical (unpaired) electrons. The van der Waals surface area contributed by atoms with Gasteiger partial charge >= 0.3 is 0 Å². The first kappa shape index (κ1) is 13.6. The summed E-state index contributed by atoms with van der Waals surface area (Å²) in [5.41, 5.74) is 1.36. The number of nitrogens with zero attached hydrogens (tertiary/aromatic N) is 2. The van der Waals surface area contributed by atoms with Crippen LogP contribution in [0.3, 0.4) is 0 Å². The lowest BCUT2D eigenvalue weighted by Gasteiger charge is -2.06. The number of anilines is 1. The highest BCUT2D eigenvalue weighted by Gasteiger charge is 2.09. The van der Waals surface area contributed by atoms with Crippen molar-refractivity contribution in [3.63, 3.8) is 0 Å². The van der Waals surface area contributed by atoms with Crippen LogP contribution in [-0.2, 0) is 6.54 Å². The van der Waals surface area contributed by atoms with E-state index in [1.165, 1.54) is 29.5 Å². The van der Waals surface area contributed by atoms with Gasteiger partial charge in [-0.3, -0.25) is 4.98 Å². The molecule has 3 aromatic rings. The standard InChI is InChI=1S/C15H11F2N3S/c16-11-4-3-5-12(17)14(11)19-8-10-9-21-15(20-10)13-6-1-2-7-18-13/h1-7,9,19H,8H2. The summed E-state index contributed by atoms with van der Waals surface area (Å²) < 4.78 is 27.0. The van der Waals surface area contributed by atoms with Gasteiger partial charge in [-0.25, -0.2) is 13.8 Å². The molecule has 0 unspecified atom stereocenters. The van der Waals surface area contributed by atoms with Crippen LogP contribution in [0, 0.1) is 11.6 Å². The average molecular weight is 303 g/mol. The highest BCUT2D eigenvalue weighted by Crippen LogP contribution is 2.23. The SMILES string of the molecule is Fc1cccc(F)c1NCc1csc(-c2ccccn2)n1. The Hall–Kier alpha value is -2.34. The van der Waals surface area contributed by atoms with Crippen LogP contribution in [0.1, 0.15) is 5.69 Å². The minimum Gasteiger partial charge on any atom is -0.375 e. The zero-order chi connectivity index (χ0) is 14.7. The molecule has 0 bridgehead atoms. The first-order valence-electron chi connectivity index (χ1n) is 6.28. The van der Waals surface area contributed by atoms with Crippen LogP contribution in [-0.4, -0.2) is 9.97 Å². The van der Waals surface area contributed by atoms with Crippen molar-refractivity contribution in [2.24, 2.45) is 0 Å². The van der Waals surface area contributed by atoms with Crippen LogP contribution in [0.4, 0.5) is 14.5 Å². The van der Waals surface area contributed by atoms with Crippen molar-refractivity contribution in [2.45, 2.75) is 6.54 Å². The molecule has 0 fully saturated rings. The first-order chi connectivity index (χ1) is 10.2. The van der Waals surface area contributed by atoms with Crippen molar-refractivity contribution in [2.75, 3.05) is 5.32 Å². The molecule has 106 valence electrons. The van der Waals surface area contributed by atoms with E-state index in [4.69, 9.17) is 0 Å². The second-order valence-corrected chi connectivity index (χ2v) is 5.17. The molecule has 0 aliphatic carbocycles. The number of aromatic nitrogens is 2. The molecule has 2 heterocycles. The highest BCUT2D eigenvalue weighted by molar-refractivity contribution is 7.13. The summed E-state index contributed by atoms with van der Waals surface area (Å²) in [5.74, 6) is -1.23. The second-order valence-electron chi connectivity index (χ2n) is 4.31. The number of halogens is 2. The molecule has 0 aliphatic heterocycles. The molecule has 3 nitrogen and oxygen atoms in total. The molecule has 3 rings (SSSR count). The van der Waals surface area contributed by atoms with Crippen molar-refractivity contribution < 1.29 is 8.78 Å². The van der Waals surface area contributed by atoms with Gasteiger partial charge in [-0.2, -0.15) is 0 Å². The Morgan fingerprint density at radius 1 is 1.05 bits per heavy atom. The van der Waals surface area contributed by atoms with E-state index < -0.39 is 11.6 Å². The van der Waals surface area contributed by atoms with E-state index in [0.29, 0.717) is 5.69 Å². The van der Waals surface area contributed by atoms with Gasteiger partial charge < -0.3 is 5.32 Å². The summed E-state index contributed by atoms with van der Waals surface area (Å²) in [6, 6.07) is 9.35. The number of nitrogens with one attached hydrogen (secondary N) is 1. The Bertz CT molecular complexity index is 723. The lowest BCUT2D eigenvalue weighted by Crippen LogP contribution is -2.04. The van der Waals surface area contributed by atoms with Gasteiger partial charge in [0.1, 0.15) is 22.3 Å². The summed E-state index contributed by atoms with van der Waals surface area (Å²) in [7, 11) is 0. The van der Waals surface area contributed by atoms with Gasteiger partial charge in [0.15, 0.2) is 0 Å². The van der Waals surface area contributed by atoms with Crippen LogP contribution in [0.15, 0.2) is 48.0 Å². The molecule has 21 heavy (non-hydrogen) atoms. The lowest BCUT2D eigenvalue weighted by molar-refractivity contribution is 0.588. The number of hydrogen-bond acceptors (Lipinski definition) is 4. The third-order valence-electron chi connectivity index (χ3n) is 2.84. The fraction of sp³-hybridized carbons (Fsp3) is 0.0667. The minimum absolute atomic E-state index is 0.134. The Kier molecular flexibility index (Phi) is 3.87. The van der Waals surface area contributed by atoms with Crippen LogP contribution in [0.25, 0.3) is 10.7 Å². The monoisotopic (exact) mass is 303 g/mol. The minimum atomic E-state index is -0.616. The van der Waals surface area contributed by atoms with Crippen LogP contribution in [0.5, 0.6) is 0 Å². The molecule has 0 saturated carbocycles.